The lowest BCUT2D eigenvalue weighted by atomic mass is 9.79. The molecule has 7 rings (SSSR count). The van der Waals surface area contributed by atoms with E-state index in [4.69, 9.17) is 21.1 Å². The number of fused-ring (bicyclic) bond motifs is 3. The molecule has 2 aliphatic rings. The standard InChI is InChI=1S/C45H43ClN2O5/c1-30(2)31-22-24-33(25-23-31)45(32-14-4-3-5-15-32,39-20-10-11-21-40(39)46)53-42(49)28-41(43(50)48-26-12-13-27-48)47-44(51)52-29-38-36-18-8-6-16-34(36)35-17-7-9-19-37(35)38/h3-11,14-25,30,38,41H,12-13,26-29H2,1-2H3,(H,47,51)/t41-,45?/m0/s1. The number of ether oxygens (including phenoxy) is 2. The second kappa shape index (κ2) is 15.7. The molecule has 270 valence electrons. The van der Waals surface area contributed by atoms with Crippen molar-refractivity contribution < 1.29 is 23.9 Å². The predicted octanol–water partition coefficient (Wildman–Crippen LogP) is 9.22. The smallest absolute Gasteiger partial charge is 0.407 e. The number of benzene rings is 5. The number of likely N-dealkylation sites (tertiary alicyclic amines) is 1. The van der Waals surface area contributed by atoms with E-state index in [0.717, 1.165) is 40.7 Å². The van der Waals surface area contributed by atoms with Crippen molar-refractivity contribution in [2.75, 3.05) is 19.7 Å². The minimum Gasteiger partial charge on any atom is -0.449 e. The Balaban J connectivity index is 1.18. The summed E-state index contributed by atoms with van der Waals surface area (Å²) in [5.41, 5.74) is 6.00. The third kappa shape index (κ3) is 7.31. The quantitative estimate of drug-likeness (QED) is 0.108. The first-order valence-corrected chi connectivity index (χ1v) is 18.7. The van der Waals surface area contributed by atoms with Gasteiger partial charge in [0.05, 0.1) is 6.42 Å². The van der Waals surface area contributed by atoms with E-state index in [0.29, 0.717) is 40.7 Å². The Kier molecular flexibility index (Phi) is 10.6. The van der Waals surface area contributed by atoms with Crippen LogP contribution in [0.2, 0.25) is 5.02 Å². The van der Waals surface area contributed by atoms with E-state index < -0.39 is 30.1 Å². The molecule has 7 nitrogen and oxygen atoms in total. The SMILES string of the molecule is CC(C)c1ccc(C(OC(=O)C[C@H](NC(=O)OCC2c3ccccc3-c3ccccc32)C(=O)N2CCCC2)(c2ccccc2)c2ccccc2Cl)cc1. The van der Waals surface area contributed by atoms with E-state index in [1.54, 1.807) is 11.0 Å². The number of carbonyl (C=O) groups excluding carboxylic acids is 3. The molecule has 1 unspecified atom stereocenters. The highest BCUT2D eigenvalue weighted by atomic mass is 35.5. The van der Waals surface area contributed by atoms with Crippen LogP contribution < -0.4 is 5.32 Å². The molecular formula is C45H43ClN2O5. The minimum absolute atomic E-state index is 0.0743. The Bertz CT molecular complexity index is 2050. The van der Waals surface area contributed by atoms with Gasteiger partial charge in [-0.1, -0.05) is 147 Å². The average molecular weight is 727 g/mol. The van der Waals surface area contributed by atoms with Gasteiger partial charge in [0.15, 0.2) is 5.60 Å². The Morgan fingerprint density at radius 1 is 0.755 bits per heavy atom. The highest BCUT2D eigenvalue weighted by Crippen LogP contribution is 2.45. The third-order valence-corrected chi connectivity index (χ3v) is 10.7. The summed E-state index contributed by atoms with van der Waals surface area (Å²) in [5, 5.41) is 3.17. The molecule has 53 heavy (non-hydrogen) atoms. The van der Waals surface area contributed by atoms with Crippen LogP contribution in [0.5, 0.6) is 0 Å². The van der Waals surface area contributed by atoms with Gasteiger partial charge in [0, 0.05) is 40.7 Å². The molecular weight excluding hydrogens is 684 g/mol. The van der Waals surface area contributed by atoms with Crippen LogP contribution in [0.25, 0.3) is 11.1 Å². The molecule has 0 radical (unpaired) electrons. The zero-order valence-corrected chi connectivity index (χ0v) is 30.7. The average Bonchev–Trinajstić information content (AvgIpc) is 3.84. The van der Waals surface area contributed by atoms with Crippen molar-refractivity contribution >= 4 is 29.6 Å². The van der Waals surface area contributed by atoms with Gasteiger partial charge in [0.1, 0.15) is 12.6 Å². The summed E-state index contributed by atoms with van der Waals surface area (Å²) in [6.07, 6.45) is 0.512. The van der Waals surface area contributed by atoms with E-state index in [-0.39, 0.29) is 18.4 Å². The maximum atomic E-state index is 14.4. The highest BCUT2D eigenvalue weighted by Gasteiger charge is 2.43. The first-order valence-electron chi connectivity index (χ1n) is 18.3. The van der Waals surface area contributed by atoms with Gasteiger partial charge in [0.25, 0.3) is 0 Å². The summed E-state index contributed by atoms with van der Waals surface area (Å²) >= 11 is 6.91. The Morgan fingerprint density at radius 3 is 1.94 bits per heavy atom. The molecule has 1 saturated heterocycles. The van der Waals surface area contributed by atoms with Gasteiger partial charge in [0.2, 0.25) is 5.91 Å². The molecule has 1 fully saturated rings. The summed E-state index contributed by atoms with van der Waals surface area (Å²) < 4.78 is 12.5. The van der Waals surface area contributed by atoms with Gasteiger partial charge in [-0.2, -0.15) is 0 Å². The summed E-state index contributed by atoms with van der Waals surface area (Å²) in [4.78, 5) is 43.6. The molecule has 1 aliphatic heterocycles. The van der Waals surface area contributed by atoms with E-state index in [1.165, 1.54) is 0 Å². The van der Waals surface area contributed by atoms with Crippen molar-refractivity contribution in [2.24, 2.45) is 0 Å². The van der Waals surface area contributed by atoms with Crippen LogP contribution in [-0.2, 0) is 24.7 Å². The van der Waals surface area contributed by atoms with Gasteiger partial charge < -0.3 is 19.7 Å². The summed E-state index contributed by atoms with van der Waals surface area (Å²) in [5.74, 6) is -0.898. The van der Waals surface area contributed by atoms with Crippen LogP contribution in [0.1, 0.15) is 78.3 Å². The number of alkyl carbamates (subject to hydrolysis) is 1. The number of hydrogen-bond acceptors (Lipinski definition) is 5. The van der Waals surface area contributed by atoms with Crippen molar-refractivity contribution in [3.8, 4) is 11.1 Å². The molecule has 1 heterocycles. The van der Waals surface area contributed by atoms with Crippen LogP contribution in [0.4, 0.5) is 4.79 Å². The van der Waals surface area contributed by atoms with E-state index in [1.807, 2.05) is 109 Å². The molecule has 0 bridgehead atoms. The lowest BCUT2D eigenvalue weighted by Gasteiger charge is -2.36. The Labute approximate surface area is 315 Å². The number of esters is 1. The van der Waals surface area contributed by atoms with Gasteiger partial charge in [-0.3, -0.25) is 9.59 Å². The number of rotatable bonds is 11. The fourth-order valence-corrected chi connectivity index (χ4v) is 7.96. The normalized spacial score (nSPS) is 15.3. The maximum absolute atomic E-state index is 14.4. The molecule has 2 atom stereocenters. The maximum Gasteiger partial charge on any atom is 0.407 e. The summed E-state index contributed by atoms with van der Waals surface area (Å²) in [6, 6.07) is 39.7. The van der Waals surface area contributed by atoms with Crippen molar-refractivity contribution in [1.82, 2.24) is 10.2 Å². The molecule has 5 aromatic carbocycles. The molecule has 1 N–H and O–H groups in total. The molecule has 1 aliphatic carbocycles. The second-order valence-electron chi connectivity index (χ2n) is 14.0. The molecule has 8 heteroatoms. The van der Waals surface area contributed by atoms with Gasteiger partial charge in [-0.25, -0.2) is 4.79 Å². The molecule has 0 spiro atoms. The first-order chi connectivity index (χ1) is 25.8. The predicted molar refractivity (Wildman–Crippen MR) is 207 cm³/mol. The van der Waals surface area contributed by atoms with E-state index >= 15 is 0 Å². The van der Waals surface area contributed by atoms with Crippen molar-refractivity contribution in [3.05, 3.63) is 166 Å². The fraction of sp³-hybridized carbons (Fsp3) is 0.267. The van der Waals surface area contributed by atoms with Crippen molar-refractivity contribution in [2.45, 2.75) is 56.6 Å². The van der Waals surface area contributed by atoms with E-state index in [2.05, 4.69) is 31.3 Å². The zero-order valence-electron chi connectivity index (χ0n) is 30.0. The number of hydrogen-bond donors (Lipinski definition) is 1. The van der Waals surface area contributed by atoms with Crippen LogP contribution >= 0.6 is 11.6 Å². The third-order valence-electron chi connectivity index (χ3n) is 10.4. The molecule has 5 aromatic rings. The van der Waals surface area contributed by atoms with Crippen molar-refractivity contribution in [3.63, 3.8) is 0 Å². The highest BCUT2D eigenvalue weighted by molar-refractivity contribution is 6.31. The molecule has 2 amide bonds. The van der Waals surface area contributed by atoms with Crippen molar-refractivity contribution in [1.29, 1.82) is 0 Å². The van der Waals surface area contributed by atoms with Gasteiger partial charge >= 0.3 is 12.1 Å². The molecule has 0 aromatic heterocycles. The fourth-order valence-electron chi connectivity index (χ4n) is 7.69. The van der Waals surface area contributed by atoms with Crippen LogP contribution in [-0.4, -0.2) is 48.6 Å². The lowest BCUT2D eigenvalue weighted by Crippen LogP contribution is -2.49. The Morgan fingerprint density at radius 2 is 1.32 bits per heavy atom. The van der Waals surface area contributed by atoms with Crippen LogP contribution in [0.15, 0.2) is 127 Å². The lowest BCUT2D eigenvalue weighted by molar-refractivity contribution is -0.156. The number of amides is 2. The van der Waals surface area contributed by atoms with Crippen LogP contribution in [0, 0.1) is 0 Å². The number of nitrogens with one attached hydrogen (secondary N) is 1. The summed E-state index contributed by atoms with van der Waals surface area (Å²) in [7, 11) is 0. The number of carbonyl (C=O) groups is 3. The minimum atomic E-state index is -1.46. The van der Waals surface area contributed by atoms with Gasteiger partial charge in [-0.15, -0.1) is 0 Å². The van der Waals surface area contributed by atoms with Crippen LogP contribution in [0.3, 0.4) is 0 Å². The van der Waals surface area contributed by atoms with E-state index in [9.17, 15) is 14.4 Å². The first kappa shape index (κ1) is 36.0. The zero-order chi connectivity index (χ0) is 37.0. The topological polar surface area (TPSA) is 84.9 Å². The number of halogens is 1. The summed E-state index contributed by atoms with van der Waals surface area (Å²) in [6.45, 7) is 5.41. The molecule has 0 saturated carbocycles. The monoisotopic (exact) mass is 726 g/mol. The van der Waals surface area contributed by atoms with Gasteiger partial charge in [-0.05, 0) is 52.6 Å². The largest absolute Gasteiger partial charge is 0.449 e. The number of nitrogens with zero attached hydrogens (tertiary/aromatic N) is 1. The second-order valence-corrected chi connectivity index (χ2v) is 14.4. The Hall–Kier alpha value is -5.40.